The molecule has 1 aromatic rings. The molecule has 1 N–H and O–H groups in total. The first-order valence-electron chi connectivity index (χ1n) is 6.70. The first kappa shape index (κ1) is 12.2. The molecule has 18 heavy (non-hydrogen) atoms. The first-order valence-corrected chi connectivity index (χ1v) is 7.50. The van der Waals surface area contributed by atoms with E-state index in [4.69, 9.17) is 0 Å². The standard InChI is InChI=1S/C15H18BrNO/c1-9-2-5-13(16)12(6-9)15(18)17-14-8-10-3-4-11(14)7-10/h2,5-6,10-11,14H,3-4,7-8H2,1H3,(H,17,18). The van der Waals surface area contributed by atoms with E-state index in [1.54, 1.807) is 0 Å². The van der Waals surface area contributed by atoms with Crippen LogP contribution in [-0.4, -0.2) is 11.9 Å². The van der Waals surface area contributed by atoms with Crippen LogP contribution in [0.1, 0.15) is 41.6 Å². The summed E-state index contributed by atoms with van der Waals surface area (Å²) in [4.78, 5) is 12.3. The molecule has 2 saturated carbocycles. The molecule has 2 fully saturated rings. The van der Waals surface area contributed by atoms with Crippen molar-refractivity contribution in [2.45, 2.75) is 38.6 Å². The molecule has 2 aliphatic carbocycles. The third-order valence-electron chi connectivity index (χ3n) is 4.42. The summed E-state index contributed by atoms with van der Waals surface area (Å²) in [5.74, 6) is 1.66. The molecule has 1 aromatic carbocycles. The predicted octanol–water partition coefficient (Wildman–Crippen LogP) is 3.68. The van der Waals surface area contributed by atoms with E-state index >= 15 is 0 Å². The Labute approximate surface area is 116 Å². The molecule has 0 spiro atoms. The molecule has 0 radical (unpaired) electrons. The largest absolute Gasteiger partial charge is 0.349 e. The predicted molar refractivity (Wildman–Crippen MR) is 75.6 cm³/mol. The maximum Gasteiger partial charge on any atom is 0.252 e. The molecular formula is C15H18BrNO. The lowest BCUT2D eigenvalue weighted by Crippen LogP contribution is -2.38. The highest BCUT2D eigenvalue weighted by Gasteiger charge is 2.40. The van der Waals surface area contributed by atoms with Gasteiger partial charge in [-0.25, -0.2) is 0 Å². The molecule has 3 atom stereocenters. The van der Waals surface area contributed by atoms with Gasteiger partial charge in [-0.05, 0) is 66.1 Å². The van der Waals surface area contributed by atoms with Crippen LogP contribution >= 0.6 is 15.9 Å². The Hall–Kier alpha value is -0.830. The van der Waals surface area contributed by atoms with Gasteiger partial charge in [0.2, 0.25) is 0 Å². The highest BCUT2D eigenvalue weighted by molar-refractivity contribution is 9.10. The van der Waals surface area contributed by atoms with Crippen LogP contribution in [0.25, 0.3) is 0 Å². The van der Waals surface area contributed by atoms with Gasteiger partial charge in [0.1, 0.15) is 0 Å². The van der Waals surface area contributed by atoms with Crippen LogP contribution < -0.4 is 5.32 Å². The molecule has 2 nitrogen and oxygen atoms in total. The monoisotopic (exact) mass is 307 g/mol. The molecule has 0 aliphatic heterocycles. The zero-order valence-electron chi connectivity index (χ0n) is 10.6. The van der Waals surface area contributed by atoms with Gasteiger partial charge in [-0.15, -0.1) is 0 Å². The van der Waals surface area contributed by atoms with Crippen molar-refractivity contribution >= 4 is 21.8 Å². The summed E-state index contributed by atoms with van der Waals surface area (Å²) in [5, 5.41) is 3.23. The Kier molecular flexibility index (Phi) is 3.18. The van der Waals surface area contributed by atoms with E-state index in [1.165, 1.54) is 25.7 Å². The zero-order chi connectivity index (χ0) is 12.7. The second kappa shape index (κ2) is 4.69. The van der Waals surface area contributed by atoms with Gasteiger partial charge in [-0.1, -0.05) is 18.1 Å². The Bertz CT molecular complexity index is 485. The van der Waals surface area contributed by atoms with Crippen molar-refractivity contribution in [1.29, 1.82) is 0 Å². The Balaban J connectivity index is 1.73. The van der Waals surface area contributed by atoms with Crippen molar-refractivity contribution < 1.29 is 4.79 Å². The van der Waals surface area contributed by atoms with E-state index < -0.39 is 0 Å². The van der Waals surface area contributed by atoms with Crippen molar-refractivity contribution in [3.63, 3.8) is 0 Å². The molecular weight excluding hydrogens is 290 g/mol. The molecule has 96 valence electrons. The second-order valence-electron chi connectivity index (χ2n) is 5.74. The van der Waals surface area contributed by atoms with E-state index in [0.717, 1.165) is 27.4 Å². The van der Waals surface area contributed by atoms with Crippen molar-refractivity contribution in [2.75, 3.05) is 0 Å². The van der Waals surface area contributed by atoms with Crippen LogP contribution in [0.3, 0.4) is 0 Å². The minimum atomic E-state index is 0.0723. The van der Waals surface area contributed by atoms with Gasteiger partial charge >= 0.3 is 0 Å². The fraction of sp³-hybridized carbons (Fsp3) is 0.533. The van der Waals surface area contributed by atoms with Crippen molar-refractivity contribution in [3.8, 4) is 0 Å². The summed E-state index contributed by atoms with van der Waals surface area (Å²) in [6.07, 6.45) is 5.16. The molecule has 2 bridgehead atoms. The molecule has 3 heteroatoms. The normalized spacial score (nSPS) is 29.6. The second-order valence-corrected chi connectivity index (χ2v) is 6.59. The number of nitrogens with one attached hydrogen (secondary N) is 1. The number of carbonyl (C=O) groups excluding carboxylic acids is 1. The highest BCUT2D eigenvalue weighted by atomic mass is 79.9. The van der Waals surface area contributed by atoms with E-state index in [1.807, 2.05) is 25.1 Å². The van der Waals surface area contributed by atoms with Gasteiger partial charge in [-0.2, -0.15) is 0 Å². The van der Waals surface area contributed by atoms with Crippen LogP contribution in [0.2, 0.25) is 0 Å². The van der Waals surface area contributed by atoms with Gasteiger partial charge in [0, 0.05) is 10.5 Å². The number of halogens is 1. The SMILES string of the molecule is Cc1ccc(Br)c(C(=O)NC2CC3CCC2C3)c1. The van der Waals surface area contributed by atoms with Crippen LogP contribution in [-0.2, 0) is 0 Å². The number of hydrogen-bond donors (Lipinski definition) is 1. The highest BCUT2D eigenvalue weighted by Crippen LogP contribution is 2.44. The van der Waals surface area contributed by atoms with E-state index in [-0.39, 0.29) is 5.91 Å². The summed E-state index contributed by atoms with van der Waals surface area (Å²) >= 11 is 3.46. The topological polar surface area (TPSA) is 29.1 Å². The number of rotatable bonds is 2. The number of fused-ring (bicyclic) bond motifs is 2. The molecule has 0 aromatic heterocycles. The summed E-state index contributed by atoms with van der Waals surface area (Å²) < 4.78 is 0.883. The smallest absolute Gasteiger partial charge is 0.252 e. The first-order chi connectivity index (χ1) is 8.63. The number of amides is 1. The maximum atomic E-state index is 12.3. The van der Waals surface area contributed by atoms with Crippen LogP contribution in [0.4, 0.5) is 0 Å². The summed E-state index contributed by atoms with van der Waals surface area (Å²) in [6, 6.07) is 6.32. The zero-order valence-corrected chi connectivity index (χ0v) is 12.2. The van der Waals surface area contributed by atoms with Crippen molar-refractivity contribution in [2.24, 2.45) is 11.8 Å². The number of carbonyl (C=O) groups is 1. The fourth-order valence-electron chi connectivity index (χ4n) is 3.48. The minimum Gasteiger partial charge on any atom is -0.349 e. The van der Waals surface area contributed by atoms with Crippen LogP contribution in [0, 0.1) is 18.8 Å². The summed E-state index contributed by atoms with van der Waals surface area (Å²) in [6.45, 7) is 2.01. The van der Waals surface area contributed by atoms with E-state index in [2.05, 4.69) is 21.2 Å². The van der Waals surface area contributed by atoms with E-state index in [0.29, 0.717) is 6.04 Å². The van der Waals surface area contributed by atoms with Gasteiger partial charge < -0.3 is 5.32 Å². The number of aryl methyl sites for hydroxylation is 1. The van der Waals surface area contributed by atoms with Gasteiger partial charge in [0.05, 0.1) is 5.56 Å². The van der Waals surface area contributed by atoms with Crippen molar-refractivity contribution in [3.05, 3.63) is 33.8 Å². The van der Waals surface area contributed by atoms with E-state index in [9.17, 15) is 4.79 Å². The Morgan fingerprint density at radius 3 is 2.83 bits per heavy atom. The third kappa shape index (κ3) is 2.20. The van der Waals surface area contributed by atoms with Gasteiger partial charge in [-0.3, -0.25) is 4.79 Å². The molecule has 1 amide bonds. The third-order valence-corrected chi connectivity index (χ3v) is 5.11. The lowest BCUT2D eigenvalue weighted by molar-refractivity contribution is 0.0922. The molecule has 3 unspecified atom stereocenters. The van der Waals surface area contributed by atoms with Gasteiger partial charge in [0.15, 0.2) is 0 Å². The minimum absolute atomic E-state index is 0.0723. The lowest BCUT2D eigenvalue weighted by atomic mass is 9.95. The fourth-order valence-corrected chi connectivity index (χ4v) is 3.91. The lowest BCUT2D eigenvalue weighted by Gasteiger charge is -2.23. The average molecular weight is 308 g/mol. The van der Waals surface area contributed by atoms with Crippen LogP contribution in [0.5, 0.6) is 0 Å². The molecule has 0 saturated heterocycles. The molecule has 0 heterocycles. The van der Waals surface area contributed by atoms with Crippen LogP contribution in [0.15, 0.2) is 22.7 Å². The Morgan fingerprint density at radius 2 is 2.17 bits per heavy atom. The van der Waals surface area contributed by atoms with Crippen molar-refractivity contribution in [1.82, 2.24) is 5.32 Å². The summed E-state index contributed by atoms with van der Waals surface area (Å²) in [5.41, 5.74) is 1.88. The average Bonchev–Trinajstić information content (AvgIpc) is 2.94. The van der Waals surface area contributed by atoms with Gasteiger partial charge in [0.25, 0.3) is 5.91 Å². The molecule has 2 aliphatic rings. The molecule has 3 rings (SSSR count). The number of hydrogen-bond acceptors (Lipinski definition) is 1. The maximum absolute atomic E-state index is 12.3. The quantitative estimate of drug-likeness (QED) is 0.887. The Morgan fingerprint density at radius 1 is 1.33 bits per heavy atom. The number of benzene rings is 1. The summed E-state index contributed by atoms with van der Waals surface area (Å²) in [7, 11) is 0.